The number of aryl methyl sites for hydroxylation is 2. The van der Waals surface area contributed by atoms with Crippen LogP contribution in [0.25, 0.3) is 10.9 Å². The maximum Gasteiger partial charge on any atom is 0.0755 e. The number of pyridine rings is 1. The van der Waals surface area contributed by atoms with Gasteiger partial charge in [0.1, 0.15) is 0 Å². The second-order valence-corrected chi connectivity index (χ2v) is 3.93. The predicted octanol–water partition coefficient (Wildman–Crippen LogP) is 2.26. The van der Waals surface area contributed by atoms with Crippen molar-refractivity contribution < 1.29 is 5.11 Å². The lowest BCUT2D eigenvalue weighted by molar-refractivity contribution is 0.311. The number of nitrogens with one attached hydrogen (secondary N) is 1. The fourth-order valence-corrected chi connectivity index (χ4v) is 1.86. The van der Waals surface area contributed by atoms with Gasteiger partial charge in [0, 0.05) is 23.3 Å². The van der Waals surface area contributed by atoms with Gasteiger partial charge >= 0.3 is 0 Å². The molecule has 2 aromatic rings. The number of aliphatic hydroxyl groups excluding tert-OH is 1. The van der Waals surface area contributed by atoms with E-state index >= 15 is 0 Å². The zero-order chi connectivity index (χ0) is 11.5. The van der Waals surface area contributed by atoms with Crippen molar-refractivity contribution in [3.63, 3.8) is 0 Å². The normalized spacial score (nSPS) is 10.7. The topological polar surface area (TPSA) is 45.1 Å². The molecule has 84 valence electrons. The molecule has 2 rings (SSSR count). The summed E-state index contributed by atoms with van der Waals surface area (Å²) in [6, 6.07) is 8.15. The molecule has 0 atom stereocenters. The van der Waals surface area contributed by atoms with Crippen molar-refractivity contribution >= 4 is 16.6 Å². The Kier molecular flexibility index (Phi) is 3.06. The number of para-hydroxylation sites is 1. The zero-order valence-electron chi connectivity index (χ0n) is 9.62. The molecule has 16 heavy (non-hydrogen) atoms. The van der Waals surface area contributed by atoms with Crippen LogP contribution in [0.1, 0.15) is 11.3 Å². The van der Waals surface area contributed by atoms with Gasteiger partial charge in [0.05, 0.1) is 12.1 Å². The Morgan fingerprint density at radius 1 is 1.31 bits per heavy atom. The van der Waals surface area contributed by atoms with Crippen molar-refractivity contribution in [1.82, 2.24) is 4.98 Å². The average molecular weight is 216 g/mol. The number of hydrogen-bond donors (Lipinski definition) is 2. The van der Waals surface area contributed by atoms with Crippen LogP contribution in [0.4, 0.5) is 5.69 Å². The molecule has 2 N–H and O–H groups in total. The van der Waals surface area contributed by atoms with Gasteiger partial charge in [0.2, 0.25) is 0 Å². The molecule has 0 fully saturated rings. The van der Waals surface area contributed by atoms with Gasteiger partial charge < -0.3 is 10.4 Å². The van der Waals surface area contributed by atoms with Gasteiger partial charge in [-0.3, -0.25) is 4.98 Å². The minimum absolute atomic E-state index is 0.134. The van der Waals surface area contributed by atoms with Gasteiger partial charge in [-0.15, -0.1) is 0 Å². The largest absolute Gasteiger partial charge is 0.395 e. The third-order valence-electron chi connectivity index (χ3n) is 2.60. The van der Waals surface area contributed by atoms with E-state index in [1.54, 1.807) is 0 Å². The first-order valence-corrected chi connectivity index (χ1v) is 5.44. The van der Waals surface area contributed by atoms with Crippen LogP contribution in [0.2, 0.25) is 0 Å². The lowest BCUT2D eigenvalue weighted by Gasteiger charge is -2.10. The number of nitrogens with zero attached hydrogens (tertiary/aromatic N) is 1. The molecule has 0 amide bonds. The van der Waals surface area contributed by atoms with E-state index in [1.807, 2.05) is 19.1 Å². The molecule has 3 nitrogen and oxygen atoms in total. The lowest BCUT2D eigenvalue weighted by Crippen LogP contribution is -2.06. The van der Waals surface area contributed by atoms with Crippen LogP contribution in [0, 0.1) is 13.8 Å². The minimum atomic E-state index is 0.134. The summed E-state index contributed by atoms with van der Waals surface area (Å²) in [5, 5.41) is 13.2. The second kappa shape index (κ2) is 4.49. The van der Waals surface area contributed by atoms with Crippen LogP contribution in [-0.2, 0) is 0 Å². The molecule has 0 unspecified atom stereocenters. The molecule has 0 aliphatic carbocycles. The van der Waals surface area contributed by atoms with Gasteiger partial charge in [-0.25, -0.2) is 0 Å². The van der Waals surface area contributed by atoms with E-state index in [0.717, 1.165) is 22.3 Å². The number of fused-ring (bicyclic) bond motifs is 1. The maximum absolute atomic E-state index is 8.85. The van der Waals surface area contributed by atoms with Crippen molar-refractivity contribution in [3.8, 4) is 0 Å². The summed E-state index contributed by atoms with van der Waals surface area (Å²) >= 11 is 0. The van der Waals surface area contributed by atoms with Gasteiger partial charge in [-0.05, 0) is 25.5 Å². The summed E-state index contributed by atoms with van der Waals surface area (Å²) in [5.74, 6) is 0. The van der Waals surface area contributed by atoms with Crippen molar-refractivity contribution in [2.24, 2.45) is 0 Å². The van der Waals surface area contributed by atoms with Crippen LogP contribution >= 0.6 is 0 Å². The number of hydrogen-bond acceptors (Lipinski definition) is 3. The quantitative estimate of drug-likeness (QED) is 0.827. The van der Waals surface area contributed by atoms with Crippen LogP contribution in [0.5, 0.6) is 0 Å². The predicted molar refractivity (Wildman–Crippen MR) is 66.8 cm³/mol. The highest BCUT2D eigenvalue weighted by atomic mass is 16.3. The highest BCUT2D eigenvalue weighted by Crippen LogP contribution is 2.25. The molecule has 0 saturated heterocycles. The van der Waals surface area contributed by atoms with Gasteiger partial charge in [-0.2, -0.15) is 0 Å². The van der Waals surface area contributed by atoms with Gasteiger partial charge in [-0.1, -0.05) is 18.2 Å². The number of benzene rings is 1. The van der Waals surface area contributed by atoms with E-state index < -0.39 is 0 Å². The molecule has 3 heteroatoms. The fourth-order valence-electron chi connectivity index (χ4n) is 1.86. The van der Waals surface area contributed by atoms with E-state index in [9.17, 15) is 0 Å². The molecule has 1 aromatic heterocycles. The molecule has 1 aromatic carbocycles. The summed E-state index contributed by atoms with van der Waals surface area (Å²) in [7, 11) is 0. The Balaban J connectivity index is 2.59. The first kappa shape index (κ1) is 10.9. The van der Waals surface area contributed by atoms with Gasteiger partial charge in [0.25, 0.3) is 0 Å². The van der Waals surface area contributed by atoms with Crippen molar-refractivity contribution in [1.29, 1.82) is 0 Å². The third-order valence-corrected chi connectivity index (χ3v) is 2.60. The molecular formula is C13H16N2O. The molecule has 0 bridgehead atoms. The number of anilines is 1. The molecule has 0 radical (unpaired) electrons. The number of rotatable bonds is 3. The van der Waals surface area contributed by atoms with Crippen LogP contribution in [-0.4, -0.2) is 23.2 Å². The first-order valence-electron chi connectivity index (χ1n) is 5.44. The summed E-state index contributed by atoms with van der Waals surface area (Å²) in [5.41, 5.74) is 4.23. The molecule has 0 saturated carbocycles. The molecule has 0 spiro atoms. The third kappa shape index (κ3) is 1.99. The molecule has 0 aliphatic heterocycles. The lowest BCUT2D eigenvalue weighted by atomic mass is 10.1. The Labute approximate surface area is 95.1 Å². The second-order valence-electron chi connectivity index (χ2n) is 3.93. The first-order chi connectivity index (χ1) is 7.72. The van der Waals surface area contributed by atoms with Crippen molar-refractivity contribution in [3.05, 3.63) is 35.5 Å². The van der Waals surface area contributed by atoms with Crippen LogP contribution < -0.4 is 5.32 Å². The smallest absolute Gasteiger partial charge is 0.0755 e. The molecule has 1 heterocycles. The Bertz CT molecular complexity index is 509. The van der Waals surface area contributed by atoms with E-state index in [1.165, 1.54) is 5.56 Å². The summed E-state index contributed by atoms with van der Waals surface area (Å²) in [6.45, 7) is 4.74. The maximum atomic E-state index is 8.85. The van der Waals surface area contributed by atoms with Crippen molar-refractivity contribution in [2.45, 2.75) is 13.8 Å². The van der Waals surface area contributed by atoms with E-state index in [2.05, 4.69) is 29.4 Å². The highest BCUT2D eigenvalue weighted by Gasteiger charge is 2.04. The van der Waals surface area contributed by atoms with E-state index in [0.29, 0.717) is 6.54 Å². The van der Waals surface area contributed by atoms with Gasteiger partial charge in [0.15, 0.2) is 0 Å². The zero-order valence-corrected chi connectivity index (χ0v) is 9.62. The average Bonchev–Trinajstić information content (AvgIpc) is 2.27. The number of aliphatic hydroxyl groups is 1. The number of aromatic nitrogens is 1. The molecule has 0 aliphatic rings. The van der Waals surface area contributed by atoms with E-state index in [-0.39, 0.29) is 6.61 Å². The molecular weight excluding hydrogens is 200 g/mol. The van der Waals surface area contributed by atoms with Crippen LogP contribution in [0.3, 0.4) is 0 Å². The SMILES string of the molecule is Cc1cc(NCCO)c2cccc(C)c2n1. The Morgan fingerprint density at radius 3 is 2.88 bits per heavy atom. The Hall–Kier alpha value is -1.61. The fraction of sp³-hybridized carbons (Fsp3) is 0.308. The standard InChI is InChI=1S/C13H16N2O/c1-9-4-3-5-11-12(14-6-7-16)8-10(2)15-13(9)11/h3-5,8,16H,6-7H2,1-2H3,(H,14,15). The monoisotopic (exact) mass is 216 g/mol. The minimum Gasteiger partial charge on any atom is -0.395 e. The Morgan fingerprint density at radius 2 is 2.12 bits per heavy atom. The van der Waals surface area contributed by atoms with E-state index in [4.69, 9.17) is 5.11 Å². The summed E-state index contributed by atoms with van der Waals surface area (Å²) < 4.78 is 0. The van der Waals surface area contributed by atoms with Crippen molar-refractivity contribution in [2.75, 3.05) is 18.5 Å². The summed E-state index contributed by atoms with van der Waals surface area (Å²) in [6.07, 6.45) is 0. The summed E-state index contributed by atoms with van der Waals surface area (Å²) in [4.78, 5) is 4.54. The van der Waals surface area contributed by atoms with Crippen LogP contribution in [0.15, 0.2) is 24.3 Å². The highest BCUT2D eigenvalue weighted by molar-refractivity contribution is 5.93.